The molecule has 0 aliphatic rings. The molecule has 0 saturated heterocycles. The van der Waals surface area contributed by atoms with Crippen molar-refractivity contribution in [3.63, 3.8) is 0 Å². The van der Waals surface area contributed by atoms with Crippen LogP contribution in [0, 0.1) is 0 Å². The molecule has 0 spiro atoms. The van der Waals surface area contributed by atoms with Crippen LogP contribution < -0.4 is 5.32 Å². The Morgan fingerprint density at radius 3 is 2.37 bits per heavy atom. The van der Waals surface area contributed by atoms with E-state index in [-0.39, 0.29) is 5.88 Å². The minimum Gasteiger partial charge on any atom is -0.494 e. The normalized spacial score (nSPS) is 11.7. The van der Waals surface area contributed by atoms with E-state index in [0.29, 0.717) is 0 Å². The molecule has 1 heterocycles. The summed E-state index contributed by atoms with van der Waals surface area (Å²) >= 11 is 0. The van der Waals surface area contributed by atoms with Gasteiger partial charge in [-0.05, 0) is 23.8 Å². The van der Waals surface area contributed by atoms with E-state index in [4.69, 9.17) is 0 Å². The van der Waals surface area contributed by atoms with E-state index in [9.17, 15) is 5.11 Å². The predicted octanol–water partition coefficient (Wildman–Crippen LogP) is 4.95. The first-order valence-electron chi connectivity index (χ1n) is 8.91. The van der Waals surface area contributed by atoms with Gasteiger partial charge in [-0.3, -0.25) is 4.99 Å². The van der Waals surface area contributed by atoms with E-state index in [2.05, 4.69) is 33.5 Å². The summed E-state index contributed by atoms with van der Waals surface area (Å²) in [5.41, 5.74) is 5.55. The molecule has 4 nitrogen and oxygen atoms in total. The summed E-state index contributed by atoms with van der Waals surface area (Å²) in [5, 5.41) is 14.9. The van der Waals surface area contributed by atoms with Gasteiger partial charge in [-0.15, -0.1) is 0 Å². The lowest BCUT2D eigenvalue weighted by Crippen LogP contribution is -2.03. The molecule has 1 aromatic heterocycles. The summed E-state index contributed by atoms with van der Waals surface area (Å²) in [5.74, 6) is 0.134. The number of benzene rings is 3. The molecule has 0 amide bonds. The zero-order valence-electron chi connectivity index (χ0n) is 15.1. The quantitative estimate of drug-likeness (QED) is 0.444. The summed E-state index contributed by atoms with van der Waals surface area (Å²) in [4.78, 5) is 7.51. The molecular formula is C23H21N3O. The third kappa shape index (κ3) is 3.42. The lowest BCUT2D eigenvalue weighted by atomic mass is 10.0. The molecule has 3 N–H and O–H groups in total. The molecule has 4 rings (SSSR count). The van der Waals surface area contributed by atoms with Crippen molar-refractivity contribution in [1.29, 1.82) is 0 Å². The van der Waals surface area contributed by atoms with Gasteiger partial charge in [-0.2, -0.15) is 0 Å². The number of aliphatic imine (C=N–C) groups is 1. The topological polar surface area (TPSA) is 60.4 Å². The fourth-order valence-electron chi connectivity index (χ4n) is 3.31. The molecule has 4 aromatic rings. The number of fused-ring (bicyclic) bond motifs is 1. The molecule has 4 heteroatoms. The first-order valence-corrected chi connectivity index (χ1v) is 8.91. The Balaban J connectivity index is 1.72. The van der Waals surface area contributed by atoms with Gasteiger partial charge >= 0.3 is 0 Å². The van der Waals surface area contributed by atoms with E-state index >= 15 is 0 Å². The fraction of sp³-hybridized carbons (Fsp3) is 0.0870. The Hall–Kier alpha value is -3.53. The van der Waals surface area contributed by atoms with Crippen molar-refractivity contribution in [3.05, 3.63) is 95.6 Å². The maximum atomic E-state index is 10.5. The first kappa shape index (κ1) is 16.9. The number of rotatable bonds is 5. The maximum absolute atomic E-state index is 10.5. The van der Waals surface area contributed by atoms with Crippen LogP contribution in [-0.2, 0) is 6.54 Å². The van der Waals surface area contributed by atoms with Crippen molar-refractivity contribution in [2.24, 2.45) is 4.99 Å². The summed E-state index contributed by atoms with van der Waals surface area (Å²) in [6, 6.07) is 26.2. The average molecular weight is 355 g/mol. The van der Waals surface area contributed by atoms with Gasteiger partial charge in [0, 0.05) is 35.7 Å². The zero-order valence-corrected chi connectivity index (χ0v) is 15.1. The van der Waals surface area contributed by atoms with Crippen molar-refractivity contribution < 1.29 is 5.11 Å². The molecule has 3 aromatic carbocycles. The molecule has 0 aliphatic heterocycles. The fourth-order valence-corrected chi connectivity index (χ4v) is 3.31. The largest absolute Gasteiger partial charge is 0.494 e. The van der Waals surface area contributed by atoms with Crippen LogP contribution in [0.1, 0.15) is 16.7 Å². The van der Waals surface area contributed by atoms with Gasteiger partial charge in [0.05, 0.1) is 11.3 Å². The van der Waals surface area contributed by atoms with E-state index < -0.39 is 0 Å². The summed E-state index contributed by atoms with van der Waals surface area (Å²) in [6.45, 7) is 0.742. The Bertz CT molecular complexity index is 1080. The van der Waals surface area contributed by atoms with E-state index in [1.807, 2.05) is 60.7 Å². The Morgan fingerprint density at radius 2 is 1.67 bits per heavy atom. The van der Waals surface area contributed by atoms with E-state index in [0.717, 1.165) is 40.0 Å². The van der Waals surface area contributed by atoms with Crippen LogP contribution in [-0.4, -0.2) is 22.8 Å². The number of aromatic amines is 1. The van der Waals surface area contributed by atoms with Crippen molar-refractivity contribution in [2.45, 2.75) is 6.54 Å². The molecule has 134 valence electrons. The van der Waals surface area contributed by atoms with Crippen LogP contribution >= 0.6 is 0 Å². The predicted molar refractivity (Wildman–Crippen MR) is 112 cm³/mol. The molecule has 0 saturated carbocycles. The Labute approximate surface area is 158 Å². The van der Waals surface area contributed by atoms with Crippen LogP contribution in [0.2, 0.25) is 0 Å². The lowest BCUT2D eigenvalue weighted by molar-refractivity contribution is 0.457. The van der Waals surface area contributed by atoms with Crippen molar-refractivity contribution in [2.75, 3.05) is 12.4 Å². The van der Waals surface area contributed by atoms with E-state index in [1.165, 1.54) is 5.56 Å². The van der Waals surface area contributed by atoms with Gasteiger partial charge in [0.25, 0.3) is 0 Å². The summed E-state index contributed by atoms with van der Waals surface area (Å²) < 4.78 is 0. The SMILES string of the molecule is CN=C(c1ccccc1)c1c(O)[nH]c2ccc(NCc3ccccc3)cc12. The van der Waals surface area contributed by atoms with Gasteiger partial charge in [0.15, 0.2) is 5.88 Å². The van der Waals surface area contributed by atoms with Gasteiger partial charge in [0.1, 0.15) is 0 Å². The Morgan fingerprint density at radius 1 is 0.963 bits per heavy atom. The summed E-state index contributed by atoms with van der Waals surface area (Å²) in [7, 11) is 1.75. The van der Waals surface area contributed by atoms with Crippen LogP contribution in [0.25, 0.3) is 10.9 Å². The van der Waals surface area contributed by atoms with Gasteiger partial charge in [-0.1, -0.05) is 60.7 Å². The highest BCUT2D eigenvalue weighted by atomic mass is 16.3. The molecule has 0 aliphatic carbocycles. The number of aromatic nitrogens is 1. The number of aromatic hydroxyl groups is 1. The molecular weight excluding hydrogens is 334 g/mol. The molecule has 0 atom stereocenters. The minimum atomic E-state index is 0.134. The minimum absolute atomic E-state index is 0.134. The van der Waals surface area contributed by atoms with Crippen molar-refractivity contribution >= 4 is 22.3 Å². The van der Waals surface area contributed by atoms with Gasteiger partial charge in [0.2, 0.25) is 0 Å². The number of anilines is 1. The van der Waals surface area contributed by atoms with Gasteiger partial charge in [-0.25, -0.2) is 0 Å². The third-order valence-electron chi connectivity index (χ3n) is 4.63. The van der Waals surface area contributed by atoms with Gasteiger partial charge < -0.3 is 15.4 Å². The van der Waals surface area contributed by atoms with Crippen molar-refractivity contribution in [1.82, 2.24) is 4.98 Å². The van der Waals surface area contributed by atoms with Crippen LogP contribution in [0.4, 0.5) is 5.69 Å². The second kappa shape index (κ2) is 7.38. The molecule has 27 heavy (non-hydrogen) atoms. The summed E-state index contributed by atoms with van der Waals surface area (Å²) in [6.07, 6.45) is 0. The van der Waals surface area contributed by atoms with Crippen LogP contribution in [0.15, 0.2) is 83.9 Å². The second-order valence-electron chi connectivity index (χ2n) is 6.39. The smallest absolute Gasteiger partial charge is 0.199 e. The van der Waals surface area contributed by atoms with Crippen molar-refractivity contribution in [3.8, 4) is 5.88 Å². The number of hydrogen-bond donors (Lipinski definition) is 3. The highest BCUT2D eigenvalue weighted by molar-refractivity contribution is 6.21. The monoisotopic (exact) mass is 355 g/mol. The third-order valence-corrected chi connectivity index (χ3v) is 4.63. The van der Waals surface area contributed by atoms with E-state index in [1.54, 1.807) is 7.05 Å². The molecule has 0 radical (unpaired) electrons. The lowest BCUT2D eigenvalue weighted by Gasteiger charge is -2.09. The molecule has 0 fully saturated rings. The maximum Gasteiger partial charge on any atom is 0.199 e. The Kier molecular flexibility index (Phi) is 4.62. The molecule has 0 bridgehead atoms. The highest BCUT2D eigenvalue weighted by Gasteiger charge is 2.18. The number of H-pyrrole nitrogens is 1. The highest BCUT2D eigenvalue weighted by Crippen LogP contribution is 2.32. The zero-order chi connectivity index (χ0) is 18.6. The average Bonchev–Trinajstić information content (AvgIpc) is 3.04. The first-order chi connectivity index (χ1) is 13.3. The van der Waals surface area contributed by atoms with Crippen LogP contribution in [0.3, 0.4) is 0 Å². The second-order valence-corrected chi connectivity index (χ2v) is 6.39. The standard InChI is InChI=1S/C23H21N3O/c1-24-22(17-10-6-3-7-11-17)21-19-14-18(12-13-20(19)26-23(21)27)25-15-16-8-4-2-5-9-16/h2-14,25-27H,15H2,1H3. The number of hydrogen-bond acceptors (Lipinski definition) is 3. The molecule has 0 unspecified atom stereocenters. The van der Waals surface area contributed by atoms with Crippen LogP contribution in [0.5, 0.6) is 5.88 Å². The number of nitrogens with zero attached hydrogens (tertiary/aromatic N) is 1. The number of nitrogens with one attached hydrogen (secondary N) is 2.